The second kappa shape index (κ2) is 8.55. The Morgan fingerprint density at radius 1 is 1.46 bits per heavy atom. The van der Waals surface area contributed by atoms with Gasteiger partial charge in [0.15, 0.2) is 0 Å². The smallest absolute Gasteiger partial charge is 0.305 e. The van der Waals surface area contributed by atoms with Crippen molar-refractivity contribution in [1.29, 1.82) is 0 Å². The molecule has 0 aromatic carbocycles. The second-order valence-corrected chi connectivity index (χ2v) is 7.89. The predicted molar refractivity (Wildman–Crippen MR) is 94.6 cm³/mol. The highest BCUT2D eigenvalue weighted by Crippen LogP contribution is 2.29. The number of thioether (sulfide) groups is 1. The van der Waals surface area contributed by atoms with E-state index in [1.54, 1.807) is 12.1 Å². The molecule has 0 spiro atoms. The van der Waals surface area contributed by atoms with E-state index < -0.39 is 12.0 Å². The lowest BCUT2D eigenvalue weighted by Crippen LogP contribution is -2.31. The first-order chi connectivity index (χ1) is 11.4. The average molecular weight is 389 g/mol. The predicted octanol–water partition coefficient (Wildman–Crippen LogP) is 3.57. The van der Waals surface area contributed by atoms with Gasteiger partial charge in [0.05, 0.1) is 28.2 Å². The Kier molecular flexibility index (Phi) is 6.70. The van der Waals surface area contributed by atoms with Crippen LogP contribution in [0.25, 0.3) is 0 Å². The number of aromatic nitrogens is 1. The zero-order valence-corrected chi connectivity index (χ0v) is 15.6. The Balaban J connectivity index is 1.89. The molecule has 0 unspecified atom stereocenters. The Hall–Kier alpha value is -1.51. The molecule has 0 fully saturated rings. The van der Waals surface area contributed by atoms with Crippen molar-refractivity contribution in [3.8, 4) is 0 Å². The molecule has 0 radical (unpaired) electrons. The standard InChI is InChI=1S/C15H17ClN2O4S2/c1-8-10(9(2)22-18-8)6-23-7-14(19)17-11(5-15(20)21)12-3-4-13(16)24-12/h3-4,11H,5-7H2,1-2H3,(H,17,19)(H,20,21)/t11-/m1/s1. The van der Waals surface area contributed by atoms with Crippen molar-refractivity contribution < 1.29 is 19.2 Å². The van der Waals surface area contributed by atoms with Crippen molar-refractivity contribution in [3.05, 3.63) is 38.4 Å². The number of aryl methyl sites for hydroxylation is 2. The SMILES string of the molecule is Cc1noc(C)c1CSCC(=O)N[C@H](CC(=O)O)c1ccc(Cl)s1. The highest BCUT2D eigenvalue weighted by molar-refractivity contribution is 7.99. The maximum Gasteiger partial charge on any atom is 0.305 e. The third-order valence-electron chi connectivity index (χ3n) is 3.31. The van der Waals surface area contributed by atoms with Gasteiger partial charge in [0.25, 0.3) is 0 Å². The molecular weight excluding hydrogens is 372 g/mol. The Labute approximate surface area is 152 Å². The van der Waals surface area contributed by atoms with Gasteiger partial charge in [-0.2, -0.15) is 0 Å². The fraction of sp³-hybridized carbons (Fsp3) is 0.400. The quantitative estimate of drug-likeness (QED) is 0.718. The zero-order valence-electron chi connectivity index (χ0n) is 13.2. The summed E-state index contributed by atoms with van der Waals surface area (Å²) in [7, 11) is 0. The molecule has 9 heteroatoms. The fourth-order valence-corrected chi connectivity index (χ4v) is 4.20. The van der Waals surface area contributed by atoms with Crippen LogP contribution in [-0.4, -0.2) is 27.9 Å². The lowest BCUT2D eigenvalue weighted by Gasteiger charge is -2.15. The summed E-state index contributed by atoms with van der Waals surface area (Å²) in [5, 5.41) is 15.7. The third-order valence-corrected chi connectivity index (χ3v) is 5.62. The summed E-state index contributed by atoms with van der Waals surface area (Å²) in [6.45, 7) is 3.69. The van der Waals surface area contributed by atoms with Crippen LogP contribution >= 0.6 is 34.7 Å². The van der Waals surface area contributed by atoms with E-state index in [0.29, 0.717) is 10.1 Å². The summed E-state index contributed by atoms with van der Waals surface area (Å²) in [5.41, 5.74) is 1.80. The van der Waals surface area contributed by atoms with Gasteiger partial charge in [0.1, 0.15) is 5.76 Å². The van der Waals surface area contributed by atoms with Gasteiger partial charge in [0, 0.05) is 16.2 Å². The molecule has 2 heterocycles. The molecule has 2 aromatic rings. The van der Waals surface area contributed by atoms with Gasteiger partial charge in [-0.25, -0.2) is 0 Å². The van der Waals surface area contributed by atoms with Crippen LogP contribution in [0.2, 0.25) is 4.34 Å². The maximum absolute atomic E-state index is 12.1. The Morgan fingerprint density at radius 2 is 2.21 bits per heavy atom. The van der Waals surface area contributed by atoms with Crippen LogP contribution in [-0.2, 0) is 15.3 Å². The number of carboxylic acids is 1. The van der Waals surface area contributed by atoms with E-state index in [0.717, 1.165) is 21.9 Å². The number of rotatable bonds is 8. The van der Waals surface area contributed by atoms with Crippen molar-refractivity contribution in [1.82, 2.24) is 10.5 Å². The lowest BCUT2D eigenvalue weighted by atomic mass is 10.1. The number of nitrogens with zero attached hydrogens (tertiary/aromatic N) is 1. The molecule has 0 saturated heterocycles. The van der Waals surface area contributed by atoms with Crippen molar-refractivity contribution in [2.45, 2.75) is 32.1 Å². The molecule has 0 aliphatic carbocycles. The minimum Gasteiger partial charge on any atom is -0.481 e. The highest BCUT2D eigenvalue weighted by atomic mass is 35.5. The summed E-state index contributed by atoms with van der Waals surface area (Å²) in [6.07, 6.45) is -0.183. The molecule has 24 heavy (non-hydrogen) atoms. The molecule has 1 amide bonds. The largest absolute Gasteiger partial charge is 0.481 e. The van der Waals surface area contributed by atoms with Crippen LogP contribution in [0.5, 0.6) is 0 Å². The first-order valence-electron chi connectivity index (χ1n) is 7.12. The van der Waals surface area contributed by atoms with Crippen molar-refractivity contribution in [3.63, 3.8) is 0 Å². The molecule has 0 aliphatic heterocycles. The number of carboxylic acid groups (broad SMARTS) is 1. The molecule has 1 atom stereocenters. The Morgan fingerprint density at radius 3 is 2.75 bits per heavy atom. The second-order valence-electron chi connectivity index (χ2n) is 5.16. The number of thiophene rings is 1. The molecular formula is C15H17ClN2O4S2. The van der Waals surface area contributed by atoms with Crippen molar-refractivity contribution >= 4 is 46.6 Å². The van der Waals surface area contributed by atoms with Crippen molar-refractivity contribution in [2.75, 3.05) is 5.75 Å². The van der Waals surface area contributed by atoms with Crippen LogP contribution < -0.4 is 5.32 Å². The van der Waals surface area contributed by atoms with Crippen LogP contribution in [0.1, 0.15) is 34.4 Å². The van der Waals surface area contributed by atoms with Crippen LogP contribution in [0.3, 0.4) is 0 Å². The van der Waals surface area contributed by atoms with Gasteiger partial charge in [-0.15, -0.1) is 23.1 Å². The highest BCUT2D eigenvalue weighted by Gasteiger charge is 2.20. The molecule has 2 N–H and O–H groups in total. The molecule has 0 bridgehead atoms. The molecule has 2 rings (SSSR count). The number of hydrogen-bond acceptors (Lipinski definition) is 6. The number of amides is 1. The fourth-order valence-electron chi connectivity index (χ4n) is 2.10. The summed E-state index contributed by atoms with van der Waals surface area (Å²) >= 11 is 8.58. The summed E-state index contributed by atoms with van der Waals surface area (Å²) in [4.78, 5) is 23.9. The average Bonchev–Trinajstić information content (AvgIpc) is 3.06. The summed E-state index contributed by atoms with van der Waals surface area (Å²) in [5.74, 6) is 0.385. The number of hydrogen-bond donors (Lipinski definition) is 2. The van der Waals surface area contributed by atoms with E-state index in [-0.39, 0.29) is 18.1 Å². The monoisotopic (exact) mass is 388 g/mol. The first kappa shape index (κ1) is 18.8. The van der Waals surface area contributed by atoms with Gasteiger partial charge >= 0.3 is 5.97 Å². The Bertz CT molecular complexity index is 709. The zero-order chi connectivity index (χ0) is 17.7. The number of aliphatic carboxylic acids is 1. The van der Waals surface area contributed by atoms with Crippen LogP contribution in [0.4, 0.5) is 0 Å². The minimum atomic E-state index is -0.979. The van der Waals surface area contributed by atoms with Gasteiger partial charge in [-0.3, -0.25) is 9.59 Å². The topological polar surface area (TPSA) is 92.4 Å². The van der Waals surface area contributed by atoms with Gasteiger partial charge in [-0.05, 0) is 26.0 Å². The summed E-state index contributed by atoms with van der Waals surface area (Å²) in [6, 6.07) is 2.85. The van der Waals surface area contributed by atoms with E-state index in [4.69, 9.17) is 21.2 Å². The molecule has 2 aromatic heterocycles. The van der Waals surface area contributed by atoms with E-state index in [1.807, 2.05) is 13.8 Å². The van der Waals surface area contributed by atoms with Crippen molar-refractivity contribution in [2.24, 2.45) is 0 Å². The number of carbonyl (C=O) groups is 2. The summed E-state index contributed by atoms with van der Waals surface area (Å²) < 4.78 is 5.64. The van der Waals surface area contributed by atoms with E-state index in [2.05, 4.69) is 10.5 Å². The maximum atomic E-state index is 12.1. The molecule has 0 saturated carbocycles. The molecule has 6 nitrogen and oxygen atoms in total. The minimum absolute atomic E-state index is 0.183. The number of halogens is 1. The lowest BCUT2D eigenvalue weighted by molar-refractivity contribution is -0.137. The van der Waals surface area contributed by atoms with Gasteiger partial charge in [0.2, 0.25) is 5.91 Å². The normalized spacial score (nSPS) is 12.1. The third kappa shape index (κ3) is 5.25. The molecule has 0 aliphatic rings. The first-order valence-corrected chi connectivity index (χ1v) is 9.47. The van der Waals surface area contributed by atoms with Gasteiger partial charge in [-0.1, -0.05) is 16.8 Å². The number of carbonyl (C=O) groups excluding carboxylic acids is 1. The molecule has 130 valence electrons. The van der Waals surface area contributed by atoms with E-state index in [9.17, 15) is 9.59 Å². The number of nitrogens with one attached hydrogen (secondary N) is 1. The van der Waals surface area contributed by atoms with E-state index >= 15 is 0 Å². The van der Waals surface area contributed by atoms with E-state index in [1.165, 1.54) is 23.1 Å². The van der Waals surface area contributed by atoms with Crippen LogP contribution in [0.15, 0.2) is 16.7 Å². The van der Waals surface area contributed by atoms with Crippen LogP contribution in [0, 0.1) is 13.8 Å². The van der Waals surface area contributed by atoms with Gasteiger partial charge < -0.3 is 14.9 Å².